The van der Waals surface area contributed by atoms with E-state index in [9.17, 15) is 9.59 Å². The first-order chi connectivity index (χ1) is 8.66. The van der Waals surface area contributed by atoms with Gasteiger partial charge >= 0.3 is 0 Å². The second-order valence-electron chi connectivity index (χ2n) is 3.68. The molecule has 5 heteroatoms. The first-order valence-electron chi connectivity index (χ1n) is 5.35. The molecule has 0 fully saturated rings. The Morgan fingerprint density at radius 2 is 1.83 bits per heavy atom. The van der Waals surface area contributed by atoms with E-state index in [2.05, 4.69) is 15.3 Å². The number of aromatic nitrogens is 2. The summed E-state index contributed by atoms with van der Waals surface area (Å²) in [6.07, 6.45) is 4.34. The molecule has 2 aromatic rings. The SMILES string of the molecule is CC(=O)c1ccc(NC(=O)c2cnccn2)cc1. The van der Waals surface area contributed by atoms with Gasteiger partial charge in [0.05, 0.1) is 6.20 Å². The number of rotatable bonds is 3. The van der Waals surface area contributed by atoms with E-state index in [0.717, 1.165) is 0 Å². The summed E-state index contributed by atoms with van der Waals surface area (Å²) in [6.45, 7) is 1.49. The van der Waals surface area contributed by atoms with Crippen LogP contribution in [0.2, 0.25) is 0 Å². The van der Waals surface area contributed by atoms with Crippen LogP contribution in [0.25, 0.3) is 0 Å². The fourth-order valence-corrected chi connectivity index (χ4v) is 1.40. The summed E-state index contributed by atoms with van der Waals surface area (Å²) in [5.74, 6) is -0.347. The number of hydrogen-bond acceptors (Lipinski definition) is 4. The van der Waals surface area contributed by atoms with E-state index in [-0.39, 0.29) is 17.4 Å². The van der Waals surface area contributed by atoms with Crippen LogP contribution in [-0.2, 0) is 0 Å². The molecule has 0 aliphatic carbocycles. The number of nitrogens with zero attached hydrogens (tertiary/aromatic N) is 2. The first kappa shape index (κ1) is 11.9. The third-order valence-electron chi connectivity index (χ3n) is 2.35. The number of carbonyl (C=O) groups is 2. The molecule has 5 nitrogen and oxygen atoms in total. The van der Waals surface area contributed by atoms with Gasteiger partial charge in [-0.15, -0.1) is 0 Å². The molecule has 0 aliphatic heterocycles. The molecule has 0 unspecified atom stereocenters. The quantitative estimate of drug-likeness (QED) is 0.833. The van der Waals surface area contributed by atoms with Gasteiger partial charge in [-0.3, -0.25) is 14.6 Å². The van der Waals surface area contributed by atoms with E-state index in [0.29, 0.717) is 11.3 Å². The maximum absolute atomic E-state index is 11.8. The molecule has 1 aromatic heterocycles. The zero-order valence-corrected chi connectivity index (χ0v) is 9.75. The van der Waals surface area contributed by atoms with Gasteiger partial charge in [-0.2, -0.15) is 0 Å². The van der Waals surface area contributed by atoms with Gasteiger partial charge in [0.1, 0.15) is 5.69 Å². The molecule has 0 atom stereocenters. The lowest BCUT2D eigenvalue weighted by Crippen LogP contribution is -2.13. The summed E-state index contributed by atoms with van der Waals surface area (Å²) in [7, 11) is 0. The number of amides is 1. The van der Waals surface area contributed by atoms with Crippen molar-refractivity contribution in [1.29, 1.82) is 0 Å². The largest absolute Gasteiger partial charge is 0.321 e. The van der Waals surface area contributed by atoms with Crippen LogP contribution in [0, 0.1) is 0 Å². The van der Waals surface area contributed by atoms with Gasteiger partial charge in [0, 0.05) is 23.6 Å². The Bertz CT molecular complexity index is 565. The highest BCUT2D eigenvalue weighted by atomic mass is 16.2. The van der Waals surface area contributed by atoms with Gasteiger partial charge in [0.15, 0.2) is 5.78 Å². The normalized spacial score (nSPS) is 9.83. The third kappa shape index (κ3) is 2.76. The van der Waals surface area contributed by atoms with Crippen LogP contribution in [0.1, 0.15) is 27.8 Å². The Morgan fingerprint density at radius 3 is 2.39 bits per heavy atom. The fourth-order valence-electron chi connectivity index (χ4n) is 1.40. The van der Waals surface area contributed by atoms with E-state index >= 15 is 0 Å². The molecule has 1 N–H and O–H groups in total. The highest BCUT2D eigenvalue weighted by Crippen LogP contribution is 2.10. The third-order valence-corrected chi connectivity index (χ3v) is 2.35. The van der Waals surface area contributed by atoms with Crippen molar-refractivity contribution in [2.24, 2.45) is 0 Å². The van der Waals surface area contributed by atoms with Gasteiger partial charge in [0.25, 0.3) is 5.91 Å². The average Bonchev–Trinajstić information content (AvgIpc) is 2.40. The number of anilines is 1. The molecule has 18 heavy (non-hydrogen) atoms. The lowest BCUT2D eigenvalue weighted by atomic mass is 10.1. The van der Waals surface area contributed by atoms with Crippen molar-refractivity contribution >= 4 is 17.4 Å². The molecule has 0 bridgehead atoms. The number of Topliss-reactive ketones (excluding diaryl/α,β-unsaturated/α-hetero) is 1. The van der Waals surface area contributed by atoms with Crippen molar-refractivity contribution in [2.75, 3.05) is 5.32 Å². The predicted molar refractivity (Wildman–Crippen MR) is 66.4 cm³/mol. The standard InChI is InChI=1S/C13H11N3O2/c1-9(17)10-2-4-11(5-3-10)16-13(18)12-8-14-6-7-15-12/h2-8H,1H3,(H,16,18). The first-order valence-corrected chi connectivity index (χ1v) is 5.35. The molecule has 0 saturated heterocycles. The van der Waals surface area contributed by atoms with Crippen LogP contribution in [0.3, 0.4) is 0 Å². The minimum Gasteiger partial charge on any atom is -0.321 e. The molecule has 1 amide bonds. The molecular weight excluding hydrogens is 230 g/mol. The zero-order chi connectivity index (χ0) is 13.0. The van der Waals surface area contributed by atoms with Gasteiger partial charge in [-0.25, -0.2) is 4.98 Å². The van der Waals surface area contributed by atoms with Gasteiger partial charge in [-0.1, -0.05) is 0 Å². The number of nitrogens with one attached hydrogen (secondary N) is 1. The molecule has 90 valence electrons. The van der Waals surface area contributed by atoms with E-state index in [1.165, 1.54) is 25.5 Å². The summed E-state index contributed by atoms with van der Waals surface area (Å²) in [6, 6.07) is 6.67. The minimum absolute atomic E-state index is 0.0122. The second kappa shape index (κ2) is 5.18. The molecule has 1 aromatic carbocycles. The number of carbonyl (C=O) groups excluding carboxylic acids is 2. The van der Waals surface area contributed by atoms with Crippen LogP contribution >= 0.6 is 0 Å². The van der Waals surface area contributed by atoms with Crippen LogP contribution in [-0.4, -0.2) is 21.7 Å². The van der Waals surface area contributed by atoms with E-state index in [1.54, 1.807) is 24.3 Å². The predicted octanol–water partition coefficient (Wildman–Crippen LogP) is 1.93. The Morgan fingerprint density at radius 1 is 1.11 bits per heavy atom. The Balaban J connectivity index is 2.10. The highest BCUT2D eigenvalue weighted by Gasteiger charge is 2.07. The van der Waals surface area contributed by atoms with Crippen molar-refractivity contribution < 1.29 is 9.59 Å². The number of benzene rings is 1. The second-order valence-corrected chi connectivity index (χ2v) is 3.68. The summed E-state index contributed by atoms with van der Waals surface area (Å²) in [5, 5.41) is 2.67. The molecular formula is C13H11N3O2. The Kier molecular flexibility index (Phi) is 3.43. The van der Waals surface area contributed by atoms with Crippen molar-refractivity contribution in [3.63, 3.8) is 0 Å². The lowest BCUT2D eigenvalue weighted by Gasteiger charge is -2.04. The Hall–Kier alpha value is -2.56. The number of hydrogen-bond donors (Lipinski definition) is 1. The molecule has 0 aliphatic rings. The topological polar surface area (TPSA) is 72.0 Å². The van der Waals surface area contributed by atoms with E-state index in [4.69, 9.17) is 0 Å². The van der Waals surface area contributed by atoms with Crippen LogP contribution in [0.5, 0.6) is 0 Å². The summed E-state index contributed by atoms with van der Waals surface area (Å²) < 4.78 is 0. The van der Waals surface area contributed by atoms with Crippen LogP contribution in [0.4, 0.5) is 5.69 Å². The van der Waals surface area contributed by atoms with Gasteiger partial charge < -0.3 is 5.32 Å². The molecule has 0 saturated carbocycles. The Labute approximate surface area is 104 Å². The maximum atomic E-state index is 11.8. The molecule has 0 radical (unpaired) electrons. The zero-order valence-electron chi connectivity index (χ0n) is 9.75. The summed E-state index contributed by atoms with van der Waals surface area (Å²) in [5.41, 5.74) is 1.45. The monoisotopic (exact) mass is 241 g/mol. The van der Waals surface area contributed by atoms with Crippen LogP contribution < -0.4 is 5.32 Å². The van der Waals surface area contributed by atoms with E-state index in [1.807, 2.05) is 0 Å². The maximum Gasteiger partial charge on any atom is 0.275 e. The van der Waals surface area contributed by atoms with Gasteiger partial charge in [-0.05, 0) is 31.2 Å². The molecule has 0 spiro atoms. The van der Waals surface area contributed by atoms with Crippen molar-refractivity contribution in [3.8, 4) is 0 Å². The van der Waals surface area contributed by atoms with Crippen LogP contribution in [0.15, 0.2) is 42.9 Å². The highest BCUT2D eigenvalue weighted by molar-refractivity contribution is 6.03. The fraction of sp³-hybridized carbons (Fsp3) is 0.0769. The van der Waals surface area contributed by atoms with Crippen molar-refractivity contribution in [1.82, 2.24) is 9.97 Å². The van der Waals surface area contributed by atoms with Crippen molar-refractivity contribution in [3.05, 3.63) is 54.1 Å². The van der Waals surface area contributed by atoms with Crippen molar-refractivity contribution in [2.45, 2.75) is 6.92 Å². The molecule has 1 heterocycles. The summed E-state index contributed by atoms with van der Waals surface area (Å²) in [4.78, 5) is 30.6. The molecule has 2 rings (SSSR count). The summed E-state index contributed by atoms with van der Waals surface area (Å²) >= 11 is 0. The average molecular weight is 241 g/mol. The number of ketones is 1. The lowest BCUT2D eigenvalue weighted by molar-refractivity contribution is 0.101. The minimum atomic E-state index is -0.335. The van der Waals surface area contributed by atoms with E-state index < -0.39 is 0 Å². The smallest absolute Gasteiger partial charge is 0.275 e. The van der Waals surface area contributed by atoms with Gasteiger partial charge in [0.2, 0.25) is 0 Å².